The number of carbonyl (C=O) groups excluding carboxylic acids is 1. The van der Waals surface area contributed by atoms with Crippen LogP contribution in [0.4, 0.5) is 17.1 Å². The molecule has 1 amide bonds. The van der Waals surface area contributed by atoms with Gasteiger partial charge in [-0.2, -0.15) is 0 Å². The number of amides is 1. The molecule has 27 heavy (non-hydrogen) atoms. The summed E-state index contributed by atoms with van der Waals surface area (Å²) in [6, 6.07) is 21.0. The maximum Gasteiger partial charge on any atom is 0.336 e. The van der Waals surface area contributed by atoms with Crippen LogP contribution in [-0.4, -0.2) is 17.0 Å². The number of carboxylic acid groups (broad SMARTS) is 1. The first kappa shape index (κ1) is 18.2. The van der Waals surface area contributed by atoms with E-state index < -0.39 is 11.9 Å². The third kappa shape index (κ3) is 4.31. The van der Waals surface area contributed by atoms with Crippen LogP contribution in [0.15, 0.2) is 72.8 Å². The van der Waals surface area contributed by atoms with Gasteiger partial charge in [0.15, 0.2) is 0 Å². The number of aromatic carboxylic acids is 1. The Morgan fingerprint density at radius 2 is 1.41 bits per heavy atom. The van der Waals surface area contributed by atoms with Gasteiger partial charge in [0.1, 0.15) is 0 Å². The zero-order valence-corrected chi connectivity index (χ0v) is 14.5. The molecule has 0 unspecified atom stereocenters. The van der Waals surface area contributed by atoms with Gasteiger partial charge >= 0.3 is 5.97 Å². The van der Waals surface area contributed by atoms with Crippen molar-refractivity contribution in [3.63, 3.8) is 0 Å². The molecule has 0 radical (unpaired) electrons. The second-order valence-corrected chi connectivity index (χ2v) is 5.88. The third-order valence-electron chi connectivity index (χ3n) is 4.05. The van der Waals surface area contributed by atoms with Crippen LogP contribution in [0.25, 0.3) is 0 Å². The van der Waals surface area contributed by atoms with E-state index in [0.29, 0.717) is 17.9 Å². The summed E-state index contributed by atoms with van der Waals surface area (Å²) in [7, 11) is 0. The molecule has 3 aromatic rings. The van der Waals surface area contributed by atoms with Crippen LogP contribution < -0.4 is 16.4 Å². The Labute approximate surface area is 156 Å². The molecule has 5 N–H and O–H groups in total. The predicted molar refractivity (Wildman–Crippen MR) is 105 cm³/mol. The van der Waals surface area contributed by atoms with E-state index in [1.165, 1.54) is 12.1 Å². The average molecular weight is 361 g/mol. The zero-order chi connectivity index (χ0) is 19.2. The molecule has 0 atom stereocenters. The number of hydrogen-bond donors (Lipinski definition) is 4. The van der Waals surface area contributed by atoms with Crippen LogP contribution in [0, 0.1) is 0 Å². The van der Waals surface area contributed by atoms with Gasteiger partial charge in [-0.3, -0.25) is 4.79 Å². The second-order valence-electron chi connectivity index (χ2n) is 5.88. The van der Waals surface area contributed by atoms with Crippen molar-refractivity contribution in [2.75, 3.05) is 10.6 Å². The zero-order valence-electron chi connectivity index (χ0n) is 14.5. The van der Waals surface area contributed by atoms with Crippen LogP contribution >= 0.6 is 0 Å². The highest BCUT2D eigenvalue weighted by atomic mass is 16.4. The largest absolute Gasteiger partial charge is 0.478 e. The number of carbonyl (C=O) groups is 2. The first-order valence-electron chi connectivity index (χ1n) is 8.37. The van der Waals surface area contributed by atoms with Gasteiger partial charge in [0.2, 0.25) is 0 Å². The first-order chi connectivity index (χ1) is 13.1. The molecule has 0 spiro atoms. The molecule has 0 heterocycles. The van der Waals surface area contributed by atoms with E-state index in [-0.39, 0.29) is 11.1 Å². The van der Waals surface area contributed by atoms with E-state index >= 15 is 0 Å². The minimum absolute atomic E-state index is 0.0437. The molecule has 136 valence electrons. The van der Waals surface area contributed by atoms with Crippen molar-refractivity contribution in [1.82, 2.24) is 0 Å². The van der Waals surface area contributed by atoms with E-state index in [1.807, 2.05) is 36.4 Å². The molecule has 0 aliphatic heterocycles. The minimum atomic E-state index is -1.15. The van der Waals surface area contributed by atoms with E-state index in [0.717, 1.165) is 11.3 Å². The van der Waals surface area contributed by atoms with Crippen molar-refractivity contribution in [3.8, 4) is 0 Å². The molecule has 0 aliphatic carbocycles. The lowest BCUT2D eigenvalue weighted by atomic mass is 10.1. The third-order valence-corrected chi connectivity index (χ3v) is 4.05. The number of rotatable bonds is 6. The summed E-state index contributed by atoms with van der Waals surface area (Å²) >= 11 is 0. The van der Waals surface area contributed by atoms with Gasteiger partial charge in [-0.1, -0.05) is 36.4 Å². The smallest absolute Gasteiger partial charge is 0.336 e. The maximum atomic E-state index is 12.6. The van der Waals surface area contributed by atoms with Crippen molar-refractivity contribution in [2.24, 2.45) is 5.73 Å². The van der Waals surface area contributed by atoms with Gasteiger partial charge in [0, 0.05) is 12.2 Å². The van der Waals surface area contributed by atoms with Crippen LogP contribution in [0.5, 0.6) is 0 Å². The van der Waals surface area contributed by atoms with Crippen LogP contribution in [0.1, 0.15) is 26.3 Å². The van der Waals surface area contributed by atoms with Crippen molar-refractivity contribution in [1.29, 1.82) is 0 Å². The fourth-order valence-corrected chi connectivity index (χ4v) is 2.64. The monoisotopic (exact) mass is 361 g/mol. The SMILES string of the molecule is NCc1ccc(Nc2ccccc2NC(=O)c2ccccc2C(=O)O)cc1. The Balaban J connectivity index is 1.84. The highest BCUT2D eigenvalue weighted by Gasteiger charge is 2.16. The summed E-state index contributed by atoms with van der Waals surface area (Å²) in [5.41, 5.74) is 8.78. The van der Waals surface area contributed by atoms with E-state index in [9.17, 15) is 14.7 Å². The number of carboxylic acids is 1. The van der Waals surface area contributed by atoms with Gasteiger partial charge in [0.05, 0.1) is 22.5 Å². The lowest BCUT2D eigenvalue weighted by molar-refractivity contribution is 0.0692. The molecule has 0 fully saturated rings. The van der Waals surface area contributed by atoms with Gasteiger partial charge in [-0.15, -0.1) is 0 Å². The molecule has 6 heteroatoms. The number of hydrogen-bond acceptors (Lipinski definition) is 4. The lowest BCUT2D eigenvalue weighted by Crippen LogP contribution is -2.17. The number of benzene rings is 3. The van der Waals surface area contributed by atoms with Crippen LogP contribution in [-0.2, 0) is 6.54 Å². The first-order valence-corrected chi connectivity index (χ1v) is 8.37. The molecular formula is C21H19N3O3. The molecule has 6 nitrogen and oxygen atoms in total. The Morgan fingerprint density at radius 3 is 2.04 bits per heavy atom. The van der Waals surface area contributed by atoms with Gasteiger partial charge in [-0.05, 0) is 42.0 Å². The lowest BCUT2D eigenvalue weighted by Gasteiger charge is -2.14. The number of nitrogens with one attached hydrogen (secondary N) is 2. The standard InChI is InChI=1S/C21H19N3O3/c22-13-14-9-11-15(12-10-14)23-18-7-3-4-8-19(18)24-20(25)16-5-1-2-6-17(16)21(26)27/h1-12,23H,13,22H2,(H,24,25)(H,26,27). The molecular weight excluding hydrogens is 342 g/mol. The molecule has 3 rings (SSSR count). The van der Waals surface area contributed by atoms with Crippen molar-refractivity contribution in [2.45, 2.75) is 6.54 Å². The fraction of sp³-hybridized carbons (Fsp3) is 0.0476. The van der Waals surface area contributed by atoms with Crippen LogP contribution in [0.2, 0.25) is 0 Å². The Hall–Kier alpha value is -3.64. The van der Waals surface area contributed by atoms with E-state index in [1.54, 1.807) is 24.3 Å². The number of anilines is 3. The summed E-state index contributed by atoms with van der Waals surface area (Å²) in [5.74, 6) is -1.63. The minimum Gasteiger partial charge on any atom is -0.478 e. The van der Waals surface area contributed by atoms with Crippen molar-refractivity contribution >= 4 is 28.9 Å². The predicted octanol–water partition coefficient (Wildman–Crippen LogP) is 3.84. The summed E-state index contributed by atoms with van der Waals surface area (Å²) in [5, 5.41) is 15.3. The molecule has 0 saturated heterocycles. The van der Waals surface area contributed by atoms with E-state index in [2.05, 4.69) is 10.6 Å². The fourth-order valence-electron chi connectivity index (χ4n) is 2.64. The normalized spacial score (nSPS) is 10.3. The highest BCUT2D eigenvalue weighted by molar-refractivity contribution is 6.11. The topological polar surface area (TPSA) is 104 Å². The van der Waals surface area contributed by atoms with Crippen molar-refractivity contribution < 1.29 is 14.7 Å². The maximum absolute atomic E-state index is 12.6. The Kier molecular flexibility index (Phi) is 5.49. The van der Waals surface area contributed by atoms with Crippen LogP contribution in [0.3, 0.4) is 0 Å². The summed E-state index contributed by atoms with van der Waals surface area (Å²) in [6.07, 6.45) is 0. The van der Waals surface area contributed by atoms with E-state index in [4.69, 9.17) is 5.73 Å². The molecule has 0 saturated carbocycles. The van der Waals surface area contributed by atoms with Gasteiger partial charge in [-0.25, -0.2) is 4.79 Å². The molecule has 3 aromatic carbocycles. The second kappa shape index (κ2) is 8.16. The summed E-state index contributed by atoms with van der Waals surface area (Å²) in [4.78, 5) is 23.9. The summed E-state index contributed by atoms with van der Waals surface area (Å²) in [6.45, 7) is 0.468. The average Bonchev–Trinajstić information content (AvgIpc) is 2.70. The molecule has 0 aromatic heterocycles. The number of nitrogens with two attached hydrogens (primary N) is 1. The van der Waals surface area contributed by atoms with Gasteiger partial charge in [0.25, 0.3) is 5.91 Å². The van der Waals surface area contributed by atoms with Crippen molar-refractivity contribution in [3.05, 3.63) is 89.5 Å². The number of para-hydroxylation sites is 2. The molecule has 0 aliphatic rings. The highest BCUT2D eigenvalue weighted by Crippen LogP contribution is 2.26. The van der Waals surface area contributed by atoms with Gasteiger partial charge < -0.3 is 21.5 Å². The summed E-state index contributed by atoms with van der Waals surface area (Å²) < 4.78 is 0. The Bertz CT molecular complexity index is 968. The quantitative estimate of drug-likeness (QED) is 0.534. The molecule has 0 bridgehead atoms. The Morgan fingerprint density at radius 1 is 0.815 bits per heavy atom.